The summed E-state index contributed by atoms with van der Waals surface area (Å²) >= 11 is 3.79. The summed E-state index contributed by atoms with van der Waals surface area (Å²) in [5.74, 6) is -2.50. The van der Waals surface area contributed by atoms with E-state index in [4.69, 9.17) is 5.26 Å². The lowest BCUT2D eigenvalue weighted by Crippen LogP contribution is -2.35. The first-order valence-corrected chi connectivity index (χ1v) is 4.71. The van der Waals surface area contributed by atoms with Crippen LogP contribution >= 0.6 is 12.8 Å². The van der Waals surface area contributed by atoms with Crippen LogP contribution in [-0.4, -0.2) is 12.0 Å². The molecule has 1 N–H and O–H groups in total. The Bertz CT molecular complexity index is 205. The van der Waals surface area contributed by atoms with Crippen LogP contribution in [0.4, 0.5) is 8.78 Å². The molecule has 74 valence electrons. The Kier molecular flexibility index (Phi) is 3.51. The summed E-state index contributed by atoms with van der Waals surface area (Å²) in [5.41, 5.74) is 0. The molecule has 0 aromatic heterocycles. The number of nitrogens with zero attached hydrogens (tertiary/aromatic N) is 1. The molecule has 1 fully saturated rings. The van der Waals surface area contributed by atoms with E-state index in [9.17, 15) is 8.78 Å². The average molecular weight is 206 g/mol. The minimum absolute atomic E-state index is 0.0159. The SMILES string of the molecule is N#C[C@@H](NS)C1CCC(F)(F)CC1. The maximum Gasteiger partial charge on any atom is 0.248 e. The van der Waals surface area contributed by atoms with Crippen LogP contribution < -0.4 is 4.72 Å². The number of thiol groups is 1. The summed E-state index contributed by atoms with van der Waals surface area (Å²) in [6.07, 6.45) is 0.591. The van der Waals surface area contributed by atoms with Gasteiger partial charge in [0.2, 0.25) is 5.92 Å². The minimum Gasteiger partial charge on any atom is -0.250 e. The normalized spacial score (nSPS) is 25.1. The van der Waals surface area contributed by atoms with Crippen molar-refractivity contribution in [2.45, 2.75) is 37.6 Å². The third kappa shape index (κ3) is 2.82. The van der Waals surface area contributed by atoms with Gasteiger partial charge in [0.05, 0.1) is 6.07 Å². The maximum absolute atomic E-state index is 12.7. The molecule has 0 amide bonds. The van der Waals surface area contributed by atoms with Crippen molar-refractivity contribution >= 4 is 12.8 Å². The van der Waals surface area contributed by atoms with Crippen LogP contribution in [0.5, 0.6) is 0 Å². The smallest absolute Gasteiger partial charge is 0.248 e. The average Bonchev–Trinajstić information content (AvgIpc) is 2.09. The third-order valence-corrected chi connectivity index (χ3v) is 2.79. The van der Waals surface area contributed by atoms with Gasteiger partial charge in [-0.15, -0.1) is 0 Å². The van der Waals surface area contributed by atoms with Gasteiger partial charge in [0.25, 0.3) is 0 Å². The predicted octanol–water partition coefficient (Wildman–Crippen LogP) is 2.14. The van der Waals surface area contributed by atoms with Gasteiger partial charge in [-0.2, -0.15) is 5.26 Å². The Morgan fingerprint density at radius 2 is 2.00 bits per heavy atom. The van der Waals surface area contributed by atoms with Gasteiger partial charge in [0.15, 0.2) is 0 Å². The Labute approximate surface area is 81.9 Å². The summed E-state index contributed by atoms with van der Waals surface area (Å²) in [7, 11) is 0. The van der Waals surface area contributed by atoms with Crippen LogP contribution in [0.3, 0.4) is 0 Å². The quantitative estimate of drug-likeness (QED) is 0.679. The first kappa shape index (κ1) is 10.7. The van der Waals surface area contributed by atoms with Crippen molar-refractivity contribution in [2.75, 3.05) is 0 Å². The lowest BCUT2D eigenvalue weighted by Gasteiger charge is -2.30. The molecule has 0 bridgehead atoms. The van der Waals surface area contributed by atoms with Gasteiger partial charge in [0.1, 0.15) is 6.04 Å². The number of rotatable bonds is 2. The molecule has 0 radical (unpaired) electrons. The first-order chi connectivity index (χ1) is 6.09. The Morgan fingerprint density at radius 1 is 1.46 bits per heavy atom. The second kappa shape index (κ2) is 4.25. The molecule has 1 rings (SSSR count). The van der Waals surface area contributed by atoms with Crippen LogP contribution in [0.25, 0.3) is 0 Å². The lowest BCUT2D eigenvalue weighted by molar-refractivity contribution is -0.0469. The second-order valence-corrected chi connectivity index (χ2v) is 3.69. The van der Waals surface area contributed by atoms with E-state index in [0.717, 1.165) is 0 Å². The Morgan fingerprint density at radius 3 is 2.38 bits per heavy atom. The topological polar surface area (TPSA) is 35.8 Å². The lowest BCUT2D eigenvalue weighted by atomic mass is 9.83. The van der Waals surface area contributed by atoms with Crippen molar-refractivity contribution in [3.8, 4) is 6.07 Å². The van der Waals surface area contributed by atoms with E-state index in [1.807, 2.05) is 6.07 Å². The van der Waals surface area contributed by atoms with Gasteiger partial charge in [-0.3, -0.25) is 0 Å². The third-order valence-electron chi connectivity index (χ3n) is 2.51. The molecule has 0 heterocycles. The summed E-state index contributed by atoms with van der Waals surface area (Å²) < 4.78 is 28.0. The molecule has 0 aliphatic heterocycles. The standard InChI is InChI=1S/C8H12F2N2S/c9-8(10)3-1-6(2-4-8)7(5-11)12-13/h6-7,12-13H,1-4H2/t7-/m1/s1. The highest BCUT2D eigenvalue weighted by molar-refractivity contribution is 7.78. The monoisotopic (exact) mass is 206 g/mol. The molecule has 0 spiro atoms. The fraction of sp³-hybridized carbons (Fsp3) is 0.875. The Hall–Kier alpha value is -0.340. The van der Waals surface area contributed by atoms with Crippen molar-refractivity contribution in [2.24, 2.45) is 5.92 Å². The van der Waals surface area contributed by atoms with Crippen molar-refractivity contribution in [3.63, 3.8) is 0 Å². The zero-order valence-corrected chi connectivity index (χ0v) is 8.03. The molecule has 0 aromatic rings. The van der Waals surface area contributed by atoms with Crippen LogP contribution in [0, 0.1) is 17.2 Å². The zero-order chi connectivity index (χ0) is 9.90. The number of nitrogens with one attached hydrogen (secondary N) is 1. The summed E-state index contributed by atoms with van der Waals surface area (Å²) in [6, 6.07) is 1.61. The van der Waals surface area contributed by atoms with E-state index in [0.29, 0.717) is 12.8 Å². The van der Waals surface area contributed by atoms with Crippen molar-refractivity contribution in [3.05, 3.63) is 0 Å². The number of hydrogen-bond donors (Lipinski definition) is 2. The van der Waals surface area contributed by atoms with E-state index < -0.39 is 12.0 Å². The second-order valence-electron chi connectivity index (χ2n) is 3.43. The highest BCUT2D eigenvalue weighted by Gasteiger charge is 2.37. The highest BCUT2D eigenvalue weighted by Crippen LogP contribution is 2.37. The molecule has 1 saturated carbocycles. The van der Waals surface area contributed by atoms with Crippen LogP contribution in [-0.2, 0) is 0 Å². The van der Waals surface area contributed by atoms with E-state index >= 15 is 0 Å². The van der Waals surface area contributed by atoms with Crippen LogP contribution in [0.15, 0.2) is 0 Å². The van der Waals surface area contributed by atoms with Crippen molar-refractivity contribution in [1.29, 1.82) is 5.26 Å². The summed E-state index contributed by atoms with van der Waals surface area (Å²) in [5, 5.41) is 8.66. The number of nitriles is 1. The molecular formula is C8H12F2N2S. The van der Waals surface area contributed by atoms with Gasteiger partial charge in [-0.25, -0.2) is 13.5 Å². The van der Waals surface area contributed by atoms with E-state index in [2.05, 4.69) is 17.5 Å². The summed E-state index contributed by atoms with van der Waals surface area (Å²) in [4.78, 5) is 0. The highest BCUT2D eigenvalue weighted by atomic mass is 32.1. The molecule has 1 atom stereocenters. The van der Waals surface area contributed by atoms with Gasteiger partial charge in [0, 0.05) is 12.8 Å². The van der Waals surface area contributed by atoms with Gasteiger partial charge in [-0.1, -0.05) is 12.8 Å². The van der Waals surface area contributed by atoms with Crippen molar-refractivity contribution in [1.82, 2.24) is 4.72 Å². The van der Waals surface area contributed by atoms with Crippen LogP contribution in [0.1, 0.15) is 25.7 Å². The zero-order valence-electron chi connectivity index (χ0n) is 7.13. The maximum atomic E-state index is 12.7. The van der Waals surface area contributed by atoms with Crippen molar-refractivity contribution < 1.29 is 8.78 Å². The van der Waals surface area contributed by atoms with Crippen LogP contribution in [0.2, 0.25) is 0 Å². The summed E-state index contributed by atoms with van der Waals surface area (Å²) in [6.45, 7) is 0. The number of halogens is 2. The molecule has 1 aliphatic carbocycles. The van der Waals surface area contributed by atoms with E-state index in [-0.39, 0.29) is 18.8 Å². The fourth-order valence-corrected chi connectivity index (χ4v) is 1.90. The molecule has 5 heteroatoms. The molecule has 2 nitrogen and oxygen atoms in total. The molecule has 1 aliphatic rings. The number of hydrogen-bond acceptors (Lipinski definition) is 3. The van der Waals surface area contributed by atoms with Gasteiger partial charge >= 0.3 is 0 Å². The van der Waals surface area contributed by atoms with E-state index in [1.54, 1.807) is 0 Å². The fourth-order valence-electron chi connectivity index (χ4n) is 1.64. The van der Waals surface area contributed by atoms with E-state index in [1.165, 1.54) is 0 Å². The largest absolute Gasteiger partial charge is 0.250 e. The molecule has 13 heavy (non-hydrogen) atoms. The molecule has 0 unspecified atom stereocenters. The minimum atomic E-state index is -2.52. The number of alkyl halides is 2. The van der Waals surface area contributed by atoms with Gasteiger partial charge in [-0.05, 0) is 18.8 Å². The van der Waals surface area contributed by atoms with Gasteiger partial charge < -0.3 is 0 Å². The molecular weight excluding hydrogens is 194 g/mol. The molecule has 0 saturated heterocycles. The Balaban J connectivity index is 2.45. The molecule has 0 aromatic carbocycles. The predicted molar refractivity (Wildman–Crippen MR) is 48.4 cm³/mol. The first-order valence-electron chi connectivity index (χ1n) is 4.26.